The Kier molecular flexibility index (Phi) is 4.61. The number of nitrogens with zero attached hydrogens (tertiary/aromatic N) is 2. The molecule has 1 saturated carbocycles. The molecule has 6 nitrogen and oxygen atoms in total. The summed E-state index contributed by atoms with van der Waals surface area (Å²) >= 11 is 6.05. The van der Waals surface area contributed by atoms with Crippen LogP contribution in [-0.2, 0) is 16.8 Å². The van der Waals surface area contributed by atoms with Gasteiger partial charge in [0.15, 0.2) is 11.9 Å². The third-order valence-electron chi connectivity index (χ3n) is 5.26. The van der Waals surface area contributed by atoms with Gasteiger partial charge in [-0.15, -0.1) is 0 Å². The second-order valence-corrected chi connectivity index (χ2v) is 7.62. The highest BCUT2D eigenvalue weighted by atomic mass is 35.5. The van der Waals surface area contributed by atoms with E-state index in [4.69, 9.17) is 20.9 Å². The largest absolute Gasteiger partial charge is 0.480 e. The lowest BCUT2D eigenvalue weighted by Crippen LogP contribution is -2.51. The van der Waals surface area contributed by atoms with Gasteiger partial charge in [-0.25, -0.2) is 0 Å². The molecule has 4 rings (SSSR count). The standard InChI is InChI=1S/C19H22ClN3O3/c1-12-21-18(23-26-12)19(8-4-2-3-5-9-19)22-17(24)16-11-13-10-14(20)6-7-15(13)25-16/h6-7,10,16H,2-5,8-9,11H2,1H3,(H,22,24). The predicted molar refractivity (Wildman–Crippen MR) is 96.1 cm³/mol. The van der Waals surface area contributed by atoms with Gasteiger partial charge >= 0.3 is 0 Å². The van der Waals surface area contributed by atoms with Crippen LogP contribution in [0.1, 0.15) is 55.8 Å². The van der Waals surface area contributed by atoms with E-state index in [1.54, 1.807) is 13.0 Å². The van der Waals surface area contributed by atoms with Gasteiger partial charge in [-0.05, 0) is 36.6 Å². The Bertz CT molecular complexity index is 812. The summed E-state index contributed by atoms with van der Waals surface area (Å²) in [6.45, 7) is 1.77. The summed E-state index contributed by atoms with van der Waals surface area (Å²) in [5.41, 5.74) is 0.379. The number of benzene rings is 1. The van der Waals surface area contributed by atoms with Crippen LogP contribution < -0.4 is 10.1 Å². The SMILES string of the molecule is Cc1nc(C2(NC(=O)C3Cc4cc(Cl)ccc4O3)CCCCCC2)no1. The van der Waals surface area contributed by atoms with Crippen LogP contribution in [0.3, 0.4) is 0 Å². The van der Waals surface area contributed by atoms with Crippen molar-refractivity contribution < 1.29 is 14.1 Å². The van der Waals surface area contributed by atoms with Gasteiger partial charge in [0.05, 0.1) is 0 Å². The van der Waals surface area contributed by atoms with E-state index in [0.29, 0.717) is 23.2 Å². The monoisotopic (exact) mass is 375 g/mol. The number of carbonyl (C=O) groups excluding carboxylic acids is 1. The van der Waals surface area contributed by atoms with E-state index in [-0.39, 0.29) is 5.91 Å². The third kappa shape index (κ3) is 3.30. The Morgan fingerprint density at radius 3 is 2.73 bits per heavy atom. The van der Waals surface area contributed by atoms with Gasteiger partial charge in [-0.3, -0.25) is 4.79 Å². The van der Waals surface area contributed by atoms with Crippen molar-refractivity contribution in [2.75, 3.05) is 0 Å². The minimum Gasteiger partial charge on any atom is -0.480 e. The molecule has 1 aliphatic heterocycles. The number of nitrogens with one attached hydrogen (secondary N) is 1. The van der Waals surface area contributed by atoms with Gasteiger partial charge in [-0.1, -0.05) is 42.4 Å². The molecule has 1 amide bonds. The summed E-state index contributed by atoms with van der Waals surface area (Å²) in [5, 5.41) is 7.99. The minimum atomic E-state index is -0.582. The molecule has 1 atom stereocenters. The highest BCUT2D eigenvalue weighted by Gasteiger charge is 2.41. The quantitative estimate of drug-likeness (QED) is 0.827. The molecule has 7 heteroatoms. The zero-order valence-corrected chi connectivity index (χ0v) is 15.5. The van der Waals surface area contributed by atoms with E-state index >= 15 is 0 Å². The first-order valence-electron chi connectivity index (χ1n) is 9.14. The number of fused-ring (bicyclic) bond motifs is 1. The number of hydrogen-bond acceptors (Lipinski definition) is 5. The zero-order valence-electron chi connectivity index (χ0n) is 14.8. The molecule has 2 aromatic rings. The van der Waals surface area contributed by atoms with Gasteiger partial charge in [0.2, 0.25) is 5.89 Å². The van der Waals surface area contributed by atoms with E-state index in [0.717, 1.165) is 49.8 Å². The molecule has 0 radical (unpaired) electrons. The molecule has 1 N–H and O–H groups in total. The molecule has 2 aliphatic rings. The topological polar surface area (TPSA) is 77.2 Å². The Balaban J connectivity index is 1.55. The van der Waals surface area contributed by atoms with Gasteiger partial charge < -0.3 is 14.6 Å². The minimum absolute atomic E-state index is 0.137. The Hall–Kier alpha value is -2.08. The maximum absolute atomic E-state index is 13.0. The predicted octanol–water partition coefficient (Wildman–Crippen LogP) is 3.70. The molecule has 2 heterocycles. The molecule has 1 unspecified atom stereocenters. The first kappa shape index (κ1) is 17.3. The smallest absolute Gasteiger partial charge is 0.262 e. The molecule has 1 aliphatic carbocycles. The normalized spacial score (nSPS) is 21.5. The van der Waals surface area contributed by atoms with Crippen LogP contribution >= 0.6 is 11.6 Å². The van der Waals surface area contributed by atoms with Crippen molar-refractivity contribution in [3.63, 3.8) is 0 Å². The van der Waals surface area contributed by atoms with Crippen LogP contribution in [0.5, 0.6) is 5.75 Å². The van der Waals surface area contributed by atoms with E-state index in [2.05, 4.69) is 15.5 Å². The fourth-order valence-corrected chi connectivity index (χ4v) is 4.10. The number of ether oxygens (including phenoxy) is 1. The number of aromatic nitrogens is 2. The van der Waals surface area contributed by atoms with Gasteiger partial charge in [0, 0.05) is 18.4 Å². The van der Waals surface area contributed by atoms with Crippen molar-refractivity contribution >= 4 is 17.5 Å². The number of aryl methyl sites for hydroxylation is 1. The number of hydrogen-bond donors (Lipinski definition) is 1. The Morgan fingerprint density at radius 1 is 1.27 bits per heavy atom. The average molecular weight is 376 g/mol. The third-order valence-corrected chi connectivity index (χ3v) is 5.50. The van der Waals surface area contributed by atoms with Crippen LogP contribution in [-0.4, -0.2) is 22.2 Å². The van der Waals surface area contributed by atoms with Crippen molar-refractivity contribution in [1.82, 2.24) is 15.5 Å². The highest BCUT2D eigenvalue weighted by Crippen LogP contribution is 2.36. The summed E-state index contributed by atoms with van der Waals surface area (Å²) < 4.78 is 11.0. The van der Waals surface area contributed by atoms with Gasteiger partial charge in [0.25, 0.3) is 5.91 Å². The molecular formula is C19H22ClN3O3. The lowest BCUT2D eigenvalue weighted by Gasteiger charge is -2.31. The number of rotatable bonds is 3. The van der Waals surface area contributed by atoms with E-state index < -0.39 is 11.6 Å². The fourth-order valence-electron chi connectivity index (χ4n) is 3.91. The summed E-state index contributed by atoms with van der Waals surface area (Å²) in [4.78, 5) is 17.4. The van der Waals surface area contributed by atoms with E-state index in [9.17, 15) is 4.79 Å². The molecule has 0 bridgehead atoms. The molecule has 0 spiro atoms. The van der Waals surface area contributed by atoms with Crippen molar-refractivity contribution in [3.05, 3.63) is 40.5 Å². The maximum atomic E-state index is 13.0. The van der Waals surface area contributed by atoms with E-state index in [1.807, 2.05) is 12.1 Å². The summed E-state index contributed by atoms with van der Waals surface area (Å²) in [7, 11) is 0. The van der Waals surface area contributed by atoms with Crippen molar-refractivity contribution in [2.45, 2.75) is 63.5 Å². The first-order chi connectivity index (χ1) is 12.6. The summed E-state index contributed by atoms with van der Waals surface area (Å²) in [5.74, 6) is 1.67. The molecule has 1 aromatic heterocycles. The average Bonchev–Trinajstić information content (AvgIpc) is 3.16. The summed E-state index contributed by atoms with van der Waals surface area (Å²) in [6, 6.07) is 5.44. The fraction of sp³-hybridized carbons (Fsp3) is 0.526. The lowest BCUT2D eigenvalue weighted by atomic mass is 9.88. The lowest BCUT2D eigenvalue weighted by molar-refractivity contribution is -0.129. The van der Waals surface area contributed by atoms with Crippen LogP contribution in [0.4, 0.5) is 0 Å². The second kappa shape index (κ2) is 6.91. The molecule has 138 valence electrons. The van der Waals surface area contributed by atoms with Crippen molar-refractivity contribution in [1.29, 1.82) is 0 Å². The number of amides is 1. The Morgan fingerprint density at radius 2 is 2.04 bits per heavy atom. The highest BCUT2D eigenvalue weighted by molar-refractivity contribution is 6.30. The van der Waals surface area contributed by atoms with Crippen LogP contribution in [0.15, 0.2) is 22.7 Å². The van der Waals surface area contributed by atoms with Crippen LogP contribution in [0, 0.1) is 6.92 Å². The van der Waals surface area contributed by atoms with Crippen molar-refractivity contribution in [2.24, 2.45) is 0 Å². The van der Waals surface area contributed by atoms with E-state index in [1.165, 1.54) is 0 Å². The van der Waals surface area contributed by atoms with Gasteiger partial charge in [-0.2, -0.15) is 4.98 Å². The zero-order chi connectivity index (χ0) is 18.1. The van der Waals surface area contributed by atoms with Gasteiger partial charge in [0.1, 0.15) is 11.3 Å². The number of carbonyl (C=O) groups is 1. The number of halogens is 1. The van der Waals surface area contributed by atoms with Crippen LogP contribution in [0.25, 0.3) is 0 Å². The molecular weight excluding hydrogens is 354 g/mol. The van der Waals surface area contributed by atoms with Crippen molar-refractivity contribution in [3.8, 4) is 5.75 Å². The first-order valence-corrected chi connectivity index (χ1v) is 9.51. The van der Waals surface area contributed by atoms with Crippen LogP contribution in [0.2, 0.25) is 5.02 Å². The molecule has 1 fully saturated rings. The molecule has 26 heavy (non-hydrogen) atoms. The molecule has 0 saturated heterocycles. The second-order valence-electron chi connectivity index (χ2n) is 7.19. The summed E-state index contributed by atoms with van der Waals surface area (Å²) in [6.07, 6.45) is 5.92. The maximum Gasteiger partial charge on any atom is 0.262 e. The molecule has 1 aromatic carbocycles. The Labute approximate surface area is 157 Å².